The molecule has 1 rings (SSSR count). The van der Waals surface area contributed by atoms with Crippen molar-refractivity contribution >= 4 is 6.41 Å². The summed E-state index contributed by atoms with van der Waals surface area (Å²) >= 11 is 0. The lowest BCUT2D eigenvalue weighted by Gasteiger charge is -2.16. The third kappa shape index (κ3) is 3.74. The van der Waals surface area contributed by atoms with Crippen LogP contribution in [-0.4, -0.2) is 24.4 Å². The van der Waals surface area contributed by atoms with Gasteiger partial charge in [-0.05, 0) is 25.2 Å². The summed E-state index contributed by atoms with van der Waals surface area (Å²) in [4.78, 5) is 12.5. The van der Waals surface area contributed by atoms with Crippen molar-refractivity contribution in [1.29, 1.82) is 0 Å². The molecular weight excluding hydrogens is 150 g/mol. The standard InChI is InChI=1S/C10H19NO/c1-2-3-4-7-11(9-12)8-10-5-6-10/h9-10H,2-8H2,1H3. The number of amides is 1. The molecule has 1 saturated carbocycles. The van der Waals surface area contributed by atoms with E-state index in [-0.39, 0.29) is 0 Å². The molecule has 0 radical (unpaired) electrons. The van der Waals surface area contributed by atoms with Gasteiger partial charge >= 0.3 is 0 Å². The Balaban J connectivity index is 2.02. The van der Waals surface area contributed by atoms with E-state index in [1.54, 1.807) is 0 Å². The minimum Gasteiger partial charge on any atom is -0.345 e. The van der Waals surface area contributed by atoms with Crippen molar-refractivity contribution in [3.05, 3.63) is 0 Å². The molecule has 1 aliphatic rings. The molecule has 2 heteroatoms. The molecule has 0 aromatic heterocycles. The van der Waals surface area contributed by atoms with Crippen LogP contribution < -0.4 is 0 Å². The average molecular weight is 169 g/mol. The number of hydrogen-bond donors (Lipinski definition) is 0. The second-order valence-corrected chi connectivity index (χ2v) is 3.75. The molecule has 0 aromatic rings. The van der Waals surface area contributed by atoms with Gasteiger partial charge in [0.25, 0.3) is 0 Å². The fraction of sp³-hybridized carbons (Fsp3) is 0.900. The Morgan fingerprint density at radius 2 is 2.17 bits per heavy atom. The van der Waals surface area contributed by atoms with Crippen molar-refractivity contribution in [3.63, 3.8) is 0 Å². The maximum absolute atomic E-state index is 10.6. The topological polar surface area (TPSA) is 20.3 Å². The lowest BCUT2D eigenvalue weighted by Crippen LogP contribution is -2.25. The van der Waals surface area contributed by atoms with E-state index in [1.807, 2.05) is 4.90 Å². The molecule has 0 atom stereocenters. The summed E-state index contributed by atoms with van der Waals surface area (Å²) in [6, 6.07) is 0. The second-order valence-electron chi connectivity index (χ2n) is 3.75. The van der Waals surface area contributed by atoms with Gasteiger partial charge in [0.1, 0.15) is 0 Å². The summed E-state index contributed by atoms with van der Waals surface area (Å²) in [7, 11) is 0. The smallest absolute Gasteiger partial charge is 0.209 e. The lowest BCUT2D eigenvalue weighted by molar-refractivity contribution is -0.118. The molecular formula is C10H19NO. The van der Waals surface area contributed by atoms with E-state index in [9.17, 15) is 4.79 Å². The highest BCUT2D eigenvalue weighted by Crippen LogP contribution is 2.29. The molecule has 0 bridgehead atoms. The SMILES string of the molecule is CCCCCN(C=O)CC1CC1. The van der Waals surface area contributed by atoms with Crippen molar-refractivity contribution in [2.24, 2.45) is 5.92 Å². The van der Waals surface area contributed by atoms with Crippen molar-refractivity contribution in [3.8, 4) is 0 Å². The summed E-state index contributed by atoms with van der Waals surface area (Å²) in [5.41, 5.74) is 0. The third-order valence-electron chi connectivity index (χ3n) is 2.39. The number of nitrogens with zero attached hydrogens (tertiary/aromatic N) is 1. The molecule has 70 valence electrons. The van der Waals surface area contributed by atoms with Gasteiger partial charge in [-0.15, -0.1) is 0 Å². The average Bonchev–Trinajstić information content (AvgIpc) is 2.87. The maximum Gasteiger partial charge on any atom is 0.209 e. The highest BCUT2D eigenvalue weighted by atomic mass is 16.1. The molecule has 0 unspecified atom stereocenters. The third-order valence-corrected chi connectivity index (χ3v) is 2.39. The Hall–Kier alpha value is -0.530. The van der Waals surface area contributed by atoms with Crippen LogP contribution in [0.1, 0.15) is 39.0 Å². The van der Waals surface area contributed by atoms with E-state index in [1.165, 1.54) is 32.1 Å². The van der Waals surface area contributed by atoms with Crippen LogP contribution in [0, 0.1) is 5.92 Å². The van der Waals surface area contributed by atoms with Crippen molar-refractivity contribution in [1.82, 2.24) is 4.90 Å². The predicted molar refractivity (Wildman–Crippen MR) is 49.9 cm³/mol. The first-order valence-electron chi connectivity index (χ1n) is 5.06. The van der Waals surface area contributed by atoms with E-state index in [2.05, 4.69) is 6.92 Å². The first kappa shape index (κ1) is 9.56. The Bertz CT molecular complexity index is 132. The quantitative estimate of drug-likeness (QED) is 0.422. The molecule has 0 heterocycles. The van der Waals surface area contributed by atoms with Crippen LogP contribution in [0.4, 0.5) is 0 Å². The fourth-order valence-electron chi connectivity index (χ4n) is 1.38. The molecule has 12 heavy (non-hydrogen) atoms. The highest BCUT2D eigenvalue weighted by molar-refractivity contribution is 5.46. The summed E-state index contributed by atoms with van der Waals surface area (Å²) < 4.78 is 0. The van der Waals surface area contributed by atoms with Gasteiger partial charge in [0.05, 0.1) is 0 Å². The van der Waals surface area contributed by atoms with Crippen molar-refractivity contribution < 1.29 is 4.79 Å². The summed E-state index contributed by atoms with van der Waals surface area (Å²) in [6.45, 7) is 4.16. The minimum atomic E-state index is 0.830. The van der Waals surface area contributed by atoms with Gasteiger partial charge in [0.15, 0.2) is 0 Å². The van der Waals surface area contributed by atoms with E-state index in [4.69, 9.17) is 0 Å². The van der Waals surface area contributed by atoms with Gasteiger partial charge in [-0.1, -0.05) is 19.8 Å². The molecule has 1 aliphatic carbocycles. The Morgan fingerprint density at radius 3 is 2.67 bits per heavy atom. The Morgan fingerprint density at radius 1 is 1.42 bits per heavy atom. The van der Waals surface area contributed by atoms with Gasteiger partial charge in [-0.3, -0.25) is 4.79 Å². The largest absolute Gasteiger partial charge is 0.345 e. The van der Waals surface area contributed by atoms with Gasteiger partial charge in [0.2, 0.25) is 6.41 Å². The van der Waals surface area contributed by atoms with E-state index in [0.29, 0.717) is 0 Å². The fourth-order valence-corrected chi connectivity index (χ4v) is 1.38. The maximum atomic E-state index is 10.6. The highest BCUT2D eigenvalue weighted by Gasteiger charge is 2.23. The Kier molecular flexibility index (Phi) is 4.12. The summed E-state index contributed by atoms with van der Waals surface area (Å²) in [6.07, 6.45) is 7.32. The second kappa shape index (κ2) is 5.18. The van der Waals surface area contributed by atoms with E-state index in [0.717, 1.165) is 25.4 Å². The minimum absolute atomic E-state index is 0.830. The zero-order chi connectivity index (χ0) is 8.81. The summed E-state index contributed by atoms with van der Waals surface area (Å²) in [5, 5.41) is 0. The first-order chi connectivity index (χ1) is 5.86. The Labute approximate surface area is 74.9 Å². The van der Waals surface area contributed by atoms with Crippen LogP contribution in [-0.2, 0) is 4.79 Å². The molecule has 0 aliphatic heterocycles. The van der Waals surface area contributed by atoms with Gasteiger partial charge in [-0.2, -0.15) is 0 Å². The summed E-state index contributed by atoms with van der Waals surface area (Å²) in [5.74, 6) is 0.830. The van der Waals surface area contributed by atoms with E-state index >= 15 is 0 Å². The van der Waals surface area contributed by atoms with Crippen LogP contribution >= 0.6 is 0 Å². The van der Waals surface area contributed by atoms with Crippen LogP contribution in [0.2, 0.25) is 0 Å². The van der Waals surface area contributed by atoms with E-state index < -0.39 is 0 Å². The van der Waals surface area contributed by atoms with Crippen molar-refractivity contribution in [2.45, 2.75) is 39.0 Å². The molecule has 1 amide bonds. The predicted octanol–water partition coefficient (Wildman–Crippen LogP) is 2.04. The van der Waals surface area contributed by atoms with Crippen LogP contribution in [0.15, 0.2) is 0 Å². The van der Waals surface area contributed by atoms with Gasteiger partial charge in [0, 0.05) is 13.1 Å². The molecule has 0 N–H and O–H groups in total. The van der Waals surface area contributed by atoms with Crippen molar-refractivity contribution in [2.75, 3.05) is 13.1 Å². The van der Waals surface area contributed by atoms with Crippen LogP contribution in [0.25, 0.3) is 0 Å². The van der Waals surface area contributed by atoms with Gasteiger partial charge < -0.3 is 4.90 Å². The molecule has 0 aromatic carbocycles. The van der Waals surface area contributed by atoms with Crippen LogP contribution in [0.5, 0.6) is 0 Å². The molecule has 2 nitrogen and oxygen atoms in total. The molecule has 0 spiro atoms. The first-order valence-corrected chi connectivity index (χ1v) is 5.06. The number of carbonyl (C=O) groups is 1. The van der Waals surface area contributed by atoms with Crippen LogP contribution in [0.3, 0.4) is 0 Å². The number of carbonyl (C=O) groups excluding carboxylic acids is 1. The lowest BCUT2D eigenvalue weighted by atomic mass is 10.2. The number of rotatable bonds is 7. The zero-order valence-corrected chi connectivity index (χ0v) is 7.96. The number of hydrogen-bond acceptors (Lipinski definition) is 1. The monoisotopic (exact) mass is 169 g/mol. The molecule has 0 saturated heterocycles. The zero-order valence-electron chi connectivity index (χ0n) is 7.96. The normalized spacial score (nSPS) is 16.1. The van der Waals surface area contributed by atoms with Gasteiger partial charge in [-0.25, -0.2) is 0 Å². The number of unbranched alkanes of at least 4 members (excludes halogenated alkanes) is 2. The molecule has 1 fully saturated rings.